The highest BCUT2D eigenvalue weighted by Gasteiger charge is 2.32. The minimum Gasteiger partial charge on any atom is -0.508 e. The van der Waals surface area contributed by atoms with Crippen molar-refractivity contribution in [3.8, 4) is 11.5 Å². The summed E-state index contributed by atoms with van der Waals surface area (Å²) in [6, 6.07) is 3.39. The summed E-state index contributed by atoms with van der Waals surface area (Å²) in [6.45, 7) is -0.797. The van der Waals surface area contributed by atoms with Gasteiger partial charge in [-0.3, -0.25) is 0 Å². The van der Waals surface area contributed by atoms with Crippen molar-refractivity contribution in [3.05, 3.63) is 23.8 Å². The molecule has 5 heteroatoms. The second-order valence-corrected chi connectivity index (χ2v) is 2.79. The molecule has 0 fully saturated rings. The maximum atomic E-state index is 13.2. The Morgan fingerprint density at radius 3 is 2.64 bits per heavy atom. The Morgan fingerprint density at radius 1 is 1.50 bits per heavy atom. The van der Waals surface area contributed by atoms with E-state index in [0.717, 1.165) is 12.1 Å². The maximum absolute atomic E-state index is 13.2. The van der Waals surface area contributed by atoms with Crippen molar-refractivity contribution < 1.29 is 18.6 Å². The van der Waals surface area contributed by atoms with Crippen molar-refractivity contribution in [1.82, 2.24) is 0 Å². The molecule has 0 spiro atoms. The number of ether oxygens (including phenoxy) is 1. The Morgan fingerprint density at radius 2 is 2.14 bits per heavy atom. The second kappa shape index (κ2) is 3.79. The largest absolute Gasteiger partial charge is 0.508 e. The van der Waals surface area contributed by atoms with Gasteiger partial charge in [-0.1, -0.05) is 0 Å². The van der Waals surface area contributed by atoms with Crippen molar-refractivity contribution in [3.63, 3.8) is 0 Å². The van der Waals surface area contributed by atoms with Gasteiger partial charge < -0.3 is 15.6 Å². The first-order valence-electron chi connectivity index (χ1n) is 3.96. The van der Waals surface area contributed by atoms with Crippen molar-refractivity contribution in [2.24, 2.45) is 5.73 Å². The fraction of sp³-hybridized carbons (Fsp3) is 0.333. The first-order chi connectivity index (χ1) is 6.51. The van der Waals surface area contributed by atoms with Crippen LogP contribution >= 0.6 is 0 Å². The summed E-state index contributed by atoms with van der Waals surface area (Å²) in [5.74, 6) is -3.34. The molecule has 0 aromatic heterocycles. The van der Waals surface area contributed by atoms with Crippen LogP contribution in [0, 0.1) is 0 Å². The molecule has 1 rings (SSSR count). The van der Waals surface area contributed by atoms with Gasteiger partial charge in [-0.05, 0) is 12.1 Å². The fourth-order valence-electron chi connectivity index (χ4n) is 1.09. The van der Waals surface area contributed by atoms with Gasteiger partial charge in [0.25, 0.3) is 5.92 Å². The Balaban J connectivity index is 3.20. The van der Waals surface area contributed by atoms with Gasteiger partial charge in [0.05, 0.1) is 19.2 Å². The number of alkyl halides is 2. The third-order valence-corrected chi connectivity index (χ3v) is 1.84. The van der Waals surface area contributed by atoms with Crippen molar-refractivity contribution in [2.75, 3.05) is 13.7 Å². The molecule has 0 amide bonds. The molecule has 0 aliphatic carbocycles. The van der Waals surface area contributed by atoms with Crippen LogP contribution in [0.15, 0.2) is 18.2 Å². The average molecular weight is 203 g/mol. The van der Waals surface area contributed by atoms with E-state index in [1.165, 1.54) is 13.2 Å². The highest BCUT2D eigenvalue weighted by molar-refractivity contribution is 5.42. The quantitative estimate of drug-likeness (QED) is 0.781. The minimum atomic E-state index is -3.14. The van der Waals surface area contributed by atoms with Crippen LogP contribution in [0.5, 0.6) is 11.5 Å². The summed E-state index contributed by atoms with van der Waals surface area (Å²) in [7, 11) is 1.25. The van der Waals surface area contributed by atoms with Crippen LogP contribution in [0.2, 0.25) is 0 Å². The van der Waals surface area contributed by atoms with Gasteiger partial charge in [0.1, 0.15) is 11.5 Å². The Hall–Kier alpha value is -1.36. The molecule has 0 unspecified atom stereocenters. The van der Waals surface area contributed by atoms with Crippen molar-refractivity contribution >= 4 is 0 Å². The average Bonchev–Trinajstić information content (AvgIpc) is 2.17. The SMILES string of the molecule is COc1cc(O)ccc1C(F)(F)CN. The summed E-state index contributed by atoms with van der Waals surface area (Å²) < 4.78 is 31.1. The van der Waals surface area contributed by atoms with Crippen molar-refractivity contribution in [1.29, 1.82) is 0 Å². The summed E-state index contributed by atoms with van der Waals surface area (Å²) in [4.78, 5) is 0. The molecule has 0 bridgehead atoms. The number of phenolic OH excluding ortho intramolecular Hbond substituents is 1. The molecule has 0 aliphatic rings. The Bertz CT molecular complexity index is 329. The van der Waals surface area contributed by atoms with E-state index >= 15 is 0 Å². The summed E-state index contributed by atoms with van der Waals surface area (Å²) in [6.07, 6.45) is 0. The molecule has 0 saturated heterocycles. The van der Waals surface area contributed by atoms with Gasteiger partial charge in [0.15, 0.2) is 0 Å². The summed E-state index contributed by atoms with van der Waals surface area (Å²) in [5, 5.41) is 9.05. The molecule has 78 valence electrons. The first kappa shape index (κ1) is 10.7. The molecule has 0 heterocycles. The standard InChI is InChI=1S/C9H11F2NO2/c1-14-8-4-6(13)2-3-7(8)9(10,11)5-12/h2-4,13H,5,12H2,1H3. The Labute approximate surface area is 80.1 Å². The zero-order valence-corrected chi connectivity index (χ0v) is 7.63. The molecule has 1 aromatic carbocycles. The second-order valence-electron chi connectivity index (χ2n) is 2.79. The van der Waals surface area contributed by atoms with E-state index in [0.29, 0.717) is 0 Å². The molecular weight excluding hydrogens is 192 g/mol. The fourth-order valence-corrected chi connectivity index (χ4v) is 1.09. The molecule has 3 nitrogen and oxygen atoms in total. The number of methoxy groups -OCH3 is 1. The lowest BCUT2D eigenvalue weighted by molar-refractivity contribution is 0.00366. The van der Waals surface area contributed by atoms with Crippen LogP contribution < -0.4 is 10.5 Å². The summed E-state index contributed by atoms with van der Waals surface area (Å²) in [5.41, 5.74) is 4.61. The van der Waals surface area contributed by atoms with E-state index in [9.17, 15) is 8.78 Å². The highest BCUT2D eigenvalue weighted by atomic mass is 19.3. The molecule has 1 aromatic rings. The van der Waals surface area contributed by atoms with E-state index in [1.54, 1.807) is 0 Å². The number of hydrogen-bond donors (Lipinski definition) is 2. The number of phenols is 1. The van der Waals surface area contributed by atoms with E-state index in [2.05, 4.69) is 0 Å². The molecule has 3 N–H and O–H groups in total. The zero-order valence-electron chi connectivity index (χ0n) is 7.63. The number of nitrogens with two attached hydrogens (primary N) is 1. The third-order valence-electron chi connectivity index (χ3n) is 1.84. The number of benzene rings is 1. The van der Waals surface area contributed by atoms with Gasteiger partial charge in [0.2, 0.25) is 0 Å². The van der Waals surface area contributed by atoms with Gasteiger partial charge in [-0.2, -0.15) is 8.78 Å². The predicted molar refractivity (Wildman–Crippen MR) is 47.6 cm³/mol. The topological polar surface area (TPSA) is 55.5 Å². The number of aromatic hydroxyl groups is 1. The number of rotatable bonds is 3. The van der Waals surface area contributed by atoms with Crippen LogP contribution in [-0.2, 0) is 5.92 Å². The van der Waals surface area contributed by atoms with E-state index in [-0.39, 0.29) is 17.1 Å². The van der Waals surface area contributed by atoms with Crippen LogP contribution in [0.25, 0.3) is 0 Å². The van der Waals surface area contributed by atoms with Gasteiger partial charge in [-0.15, -0.1) is 0 Å². The van der Waals surface area contributed by atoms with Gasteiger partial charge in [0, 0.05) is 6.07 Å². The van der Waals surface area contributed by atoms with Crippen molar-refractivity contribution in [2.45, 2.75) is 5.92 Å². The Kier molecular flexibility index (Phi) is 2.90. The predicted octanol–water partition coefficient (Wildman–Crippen LogP) is 1.45. The van der Waals surface area contributed by atoms with E-state index < -0.39 is 12.5 Å². The van der Waals surface area contributed by atoms with Gasteiger partial charge in [-0.25, -0.2) is 0 Å². The molecule has 0 atom stereocenters. The third kappa shape index (κ3) is 1.93. The monoisotopic (exact) mass is 203 g/mol. The van der Waals surface area contributed by atoms with E-state index in [1.807, 2.05) is 0 Å². The smallest absolute Gasteiger partial charge is 0.288 e. The normalized spacial score (nSPS) is 11.4. The molecular formula is C9H11F2NO2. The summed E-state index contributed by atoms with van der Waals surface area (Å²) >= 11 is 0. The van der Waals surface area contributed by atoms with Gasteiger partial charge >= 0.3 is 0 Å². The first-order valence-corrected chi connectivity index (χ1v) is 3.96. The number of halogens is 2. The molecule has 14 heavy (non-hydrogen) atoms. The molecule has 0 radical (unpaired) electrons. The maximum Gasteiger partial charge on any atom is 0.288 e. The lowest BCUT2D eigenvalue weighted by atomic mass is 10.1. The highest BCUT2D eigenvalue weighted by Crippen LogP contribution is 2.35. The number of hydrogen-bond acceptors (Lipinski definition) is 3. The minimum absolute atomic E-state index is 0.0690. The molecule has 0 aliphatic heterocycles. The van der Waals surface area contributed by atoms with Crippen LogP contribution in [0.4, 0.5) is 8.78 Å². The zero-order chi connectivity index (χ0) is 10.8. The lowest BCUT2D eigenvalue weighted by Crippen LogP contribution is -2.25. The molecule has 0 saturated carbocycles. The van der Waals surface area contributed by atoms with Crippen LogP contribution in [0.1, 0.15) is 5.56 Å². The van der Waals surface area contributed by atoms with Crippen LogP contribution in [-0.4, -0.2) is 18.8 Å². The van der Waals surface area contributed by atoms with E-state index in [4.69, 9.17) is 15.6 Å². The van der Waals surface area contributed by atoms with Crippen LogP contribution in [0.3, 0.4) is 0 Å². The lowest BCUT2D eigenvalue weighted by Gasteiger charge is -2.17.